The lowest BCUT2D eigenvalue weighted by Gasteiger charge is -2.38. The molecule has 1 aliphatic heterocycles. The highest BCUT2D eigenvalue weighted by atomic mass is 35.5. The number of hydrogen-bond acceptors (Lipinski definition) is 1. The Hall–Kier alpha value is -1.15. The number of halogens is 3. The molecule has 0 fully saturated rings. The number of fused-ring (bicyclic) bond motifs is 3. The molecule has 22 heavy (non-hydrogen) atoms. The topological polar surface area (TPSA) is 12.0 Å². The molecule has 0 unspecified atom stereocenters. The second-order valence-electron chi connectivity index (χ2n) is 5.87. The van der Waals surface area contributed by atoms with Crippen LogP contribution in [-0.4, -0.2) is 0 Å². The second-order valence-corrected chi connectivity index (χ2v) is 7.15. The summed E-state index contributed by atoms with van der Waals surface area (Å²) in [6.07, 6.45) is 5.58. The lowest BCUT2D eigenvalue weighted by atomic mass is 9.77. The largest absolute Gasteiger partial charge is 0.378 e. The molecule has 2 aromatic rings. The number of nitrogens with one attached hydrogen (secondary N) is 1. The quantitative estimate of drug-likeness (QED) is 0.581. The Morgan fingerprint density at radius 2 is 1.68 bits per heavy atom. The van der Waals surface area contributed by atoms with Crippen LogP contribution in [0.2, 0.25) is 15.1 Å². The summed E-state index contributed by atoms with van der Waals surface area (Å²) in [6, 6.07) is 12.0. The maximum Gasteiger partial charge on any atom is 0.0568 e. The minimum absolute atomic E-state index is 0.179. The maximum atomic E-state index is 6.44. The fourth-order valence-corrected chi connectivity index (χ4v) is 4.33. The van der Waals surface area contributed by atoms with Gasteiger partial charge in [0, 0.05) is 26.7 Å². The van der Waals surface area contributed by atoms with E-state index in [1.165, 1.54) is 5.56 Å². The van der Waals surface area contributed by atoms with E-state index in [0.29, 0.717) is 21.9 Å². The summed E-state index contributed by atoms with van der Waals surface area (Å²) >= 11 is 18.6. The molecule has 0 spiro atoms. The number of benzene rings is 2. The molecular weight excluding hydrogens is 337 g/mol. The van der Waals surface area contributed by atoms with Crippen molar-refractivity contribution in [2.75, 3.05) is 5.32 Å². The van der Waals surface area contributed by atoms with Crippen molar-refractivity contribution in [2.45, 2.75) is 18.4 Å². The molecule has 0 aromatic heterocycles. The van der Waals surface area contributed by atoms with Crippen molar-refractivity contribution in [1.29, 1.82) is 0 Å². The first kappa shape index (κ1) is 14.4. The second kappa shape index (κ2) is 5.49. The molecular formula is C18H14Cl3N. The van der Waals surface area contributed by atoms with E-state index in [1.807, 2.05) is 24.3 Å². The van der Waals surface area contributed by atoms with Gasteiger partial charge in [-0.1, -0.05) is 53.0 Å². The minimum Gasteiger partial charge on any atom is -0.378 e. The summed E-state index contributed by atoms with van der Waals surface area (Å²) in [5, 5.41) is 5.81. The van der Waals surface area contributed by atoms with Gasteiger partial charge >= 0.3 is 0 Å². The van der Waals surface area contributed by atoms with Gasteiger partial charge in [-0.15, -0.1) is 0 Å². The first-order valence-electron chi connectivity index (χ1n) is 7.31. The molecule has 1 nitrogen and oxygen atoms in total. The van der Waals surface area contributed by atoms with Gasteiger partial charge in [0.15, 0.2) is 0 Å². The molecule has 0 bridgehead atoms. The van der Waals surface area contributed by atoms with Crippen molar-refractivity contribution in [3.63, 3.8) is 0 Å². The lowest BCUT2D eigenvalue weighted by molar-refractivity contribution is 0.426. The third-order valence-corrected chi connectivity index (χ3v) is 5.42. The zero-order valence-corrected chi connectivity index (χ0v) is 14.0. The third-order valence-electron chi connectivity index (χ3n) is 4.62. The average Bonchev–Trinajstić information content (AvgIpc) is 2.97. The molecule has 4 heteroatoms. The van der Waals surface area contributed by atoms with E-state index in [9.17, 15) is 0 Å². The Labute approximate surface area is 144 Å². The molecule has 1 N–H and O–H groups in total. The Morgan fingerprint density at radius 3 is 2.50 bits per heavy atom. The van der Waals surface area contributed by atoms with Crippen LogP contribution in [-0.2, 0) is 0 Å². The van der Waals surface area contributed by atoms with Crippen molar-refractivity contribution < 1.29 is 0 Å². The molecule has 1 heterocycles. The highest BCUT2D eigenvalue weighted by Crippen LogP contribution is 2.51. The Kier molecular flexibility index (Phi) is 3.60. The predicted molar refractivity (Wildman–Crippen MR) is 94.3 cm³/mol. The van der Waals surface area contributed by atoms with E-state index in [-0.39, 0.29) is 6.04 Å². The molecule has 2 aromatic carbocycles. The number of anilines is 1. The van der Waals surface area contributed by atoms with Gasteiger partial charge in [0.1, 0.15) is 0 Å². The van der Waals surface area contributed by atoms with Crippen LogP contribution >= 0.6 is 34.8 Å². The van der Waals surface area contributed by atoms with E-state index >= 15 is 0 Å². The third kappa shape index (κ3) is 2.32. The summed E-state index contributed by atoms with van der Waals surface area (Å²) in [6.45, 7) is 0. The van der Waals surface area contributed by atoms with Gasteiger partial charge < -0.3 is 5.32 Å². The molecule has 0 saturated carbocycles. The van der Waals surface area contributed by atoms with Gasteiger partial charge in [-0.2, -0.15) is 0 Å². The monoisotopic (exact) mass is 349 g/mol. The molecule has 1 aliphatic carbocycles. The zero-order valence-electron chi connectivity index (χ0n) is 11.7. The Balaban J connectivity index is 1.81. The van der Waals surface area contributed by atoms with Crippen LogP contribution in [0.5, 0.6) is 0 Å². The van der Waals surface area contributed by atoms with Crippen molar-refractivity contribution >= 4 is 40.5 Å². The van der Waals surface area contributed by atoms with Crippen LogP contribution in [0.1, 0.15) is 29.5 Å². The van der Waals surface area contributed by atoms with Crippen molar-refractivity contribution in [2.24, 2.45) is 5.92 Å². The number of rotatable bonds is 1. The van der Waals surface area contributed by atoms with Crippen molar-refractivity contribution in [3.05, 3.63) is 74.7 Å². The van der Waals surface area contributed by atoms with Crippen LogP contribution in [0.3, 0.4) is 0 Å². The van der Waals surface area contributed by atoms with Gasteiger partial charge in [-0.25, -0.2) is 0 Å². The van der Waals surface area contributed by atoms with E-state index in [1.54, 1.807) is 0 Å². The molecule has 0 amide bonds. The van der Waals surface area contributed by atoms with Crippen LogP contribution in [0.4, 0.5) is 5.69 Å². The SMILES string of the molecule is Clc1ccc([C@H]2Nc3ccc(Cl)cc3[C@H]3C=CC[C@@H]32)c(Cl)c1. The molecule has 0 radical (unpaired) electrons. The van der Waals surface area contributed by atoms with Gasteiger partial charge in [0.2, 0.25) is 0 Å². The van der Waals surface area contributed by atoms with Gasteiger partial charge in [-0.3, -0.25) is 0 Å². The minimum atomic E-state index is 0.179. The predicted octanol–water partition coefficient (Wildman–Crippen LogP) is 6.47. The van der Waals surface area contributed by atoms with Gasteiger partial charge in [0.05, 0.1) is 6.04 Å². The molecule has 2 aliphatic rings. The lowest BCUT2D eigenvalue weighted by Crippen LogP contribution is -2.29. The summed E-state index contributed by atoms with van der Waals surface area (Å²) in [7, 11) is 0. The van der Waals surface area contributed by atoms with E-state index in [0.717, 1.165) is 22.7 Å². The van der Waals surface area contributed by atoms with Crippen LogP contribution < -0.4 is 5.32 Å². The first-order valence-corrected chi connectivity index (χ1v) is 8.44. The molecule has 0 saturated heterocycles. The van der Waals surface area contributed by atoms with Crippen molar-refractivity contribution in [3.8, 4) is 0 Å². The molecule has 4 rings (SSSR count). The maximum absolute atomic E-state index is 6.44. The van der Waals surface area contributed by atoms with Crippen LogP contribution in [0.15, 0.2) is 48.6 Å². The van der Waals surface area contributed by atoms with E-state index in [2.05, 4.69) is 29.6 Å². The first-order chi connectivity index (χ1) is 10.6. The summed E-state index contributed by atoms with van der Waals surface area (Å²) in [5.74, 6) is 0.830. The highest BCUT2D eigenvalue weighted by molar-refractivity contribution is 6.35. The normalized spacial score (nSPS) is 25.5. The summed E-state index contributed by atoms with van der Waals surface area (Å²) in [5.41, 5.74) is 3.51. The molecule has 112 valence electrons. The number of hydrogen-bond donors (Lipinski definition) is 1. The van der Waals surface area contributed by atoms with E-state index < -0.39 is 0 Å². The molecule has 3 atom stereocenters. The summed E-state index contributed by atoms with van der Waals surface area (Å²) < 4.78 is 0. The Morgan fingerprint density at radius 1 is 0.909 bits per heavy atom. The van der Waals surface area contributed by atoms with Crippen LogP contribution in [0.25, 0.3) is 0 Å². The zero-order chi connectivity index (χ0) is 15.3. The number of allylic oxidation sites excluding steroid dienone is 2. The fourth-order valence-electron chi connectivity index (χ4n) is 3.63. The average molecular weight is 351 g/mol. The van der Waals surface area contributed by atoms with Gasteiger partial charge in [-0.05, 0) is 53.8 Å². The smallest absolute Gasteiger partial charge is 0.0568 e. The fraction of sp³-hybridized carbons (Fsp3) is 0.222. The standard InChI is InChI=1S/C18H14Cl3N/c19-10-5-7-17-15(8-10)12-2-1-3-13(12)18(22-17)14-6-4-11(20)9-16(14)21/h1-2,4-9,12-13,18,22H,3H2/t12-,13-,18-/m0/s1. The van der Waals surface area contributed by atoms with Gasteiger partial charge in [0.25, 0.3) is 0 Å². The van der Waals surface area contributed by atoms with Crippen LogP contribution in [0, 0.1) is 5.92 Å². The Bertz CT molecular complexity index is 769. The van der Waals surface area contributed by atoms with E-state index in [4.69, 9.17) is 34.8 Å². The van der Waals surface area contributed by atoms with Crippen molar-refractivity contribution in [1.82, 2.24) is 0 Å². The highest BCUT2D eigenvalue weighted by Gasteiger charge is 2.38. The summed E-state index contributed by atoms with van der Waals surface area (Å²) in [4.78, 5) is 0.